The third kappa shape index (κ3) is 2.65. The van der Waals surface area contributed by atoms with E-state index in [0.717, 1.165) is 0 Å². The molecule has 0 spiro atoms. The van der Waals surface area contributed by atoms with Gasteiger partial charge in [0.15, 0.2) is 0 Å². The van der Waals surface area contributed by atoms with Gasteiger partial charge in [0.1, 0.15) is 11.8 Å². The first kappa shape index (κ1) is 10.9. The van der Waals surface area contributed by atoms with E-state index in [1.807, 2.05) is 0 Å². The van der Waals surface area contributed by atoms with Gasteiger partial charge in [-0.25, -0.2) is 0 Å². The monoisotopic (exact) mass is 200 g/mol. The molecule has 0 aliphatic rings. The van der Waals surface area contributed by atoms with Crippen molar-refractivity contribution in [2.75, 3.05) is 19.0 Å². The fraction of sp³-hybridized carbons (Fsp3) is 0.250. The predicted molar refractivity (Wildman–Crippen MR) is 59.6 cm³/mol. The van der Waals surface area contributed by atoms with Gasteiger partial charge in [-0.05, 0) is 12.1 Å². The highest BCUT2D eigenvalue weighted by molar-refractivity contribution is 5.66. The Kier molecular flexibility index (Phi) is 4.06. The van der Waals surface area contributed by atoms with E-state index in [1.54, 1.807) is 25.3 Å². The van der Waals surface area contributed by atoms with Crippen LogP contribution in [0.1, 0.15) is 12.0 Å². The fourth-order valence-corrected chi connectivity index (χ4v) is 1.24. The van der Waals surface area contributed by atoms with Crippen LogP contribution in [0.2, 0.25) is 0 Å². The number of methoxy groups -OCH3 is 1. The summed E-state index contributed by atoms with van der Waals surface area (Å²) in [6.07, 6.45) is 5.76. The molecule has 0 saturated heterocycles. The molecule has 0 aromatic heterocycles. The van der Waals surface area contributed by atoms with Crippen LogP contribution in [0.5, 0.6) is 5.75 Å². The highest BCUT2D eigenvalue weighted by Crippen LogP contribution is 2.27. The molecule has 0 heterocycles. The first-order valence-electron chi connectivity index (χ1n) is 4.58. The van der Waals surface area contributed by atoms with Crippen molar-refractivity contribution in [1.82, 2.24) is 0 Å². The molecule has 0 bridgehead atoms. The molecule has 0 radical (unpaired) electrons. The third-order valence-corrected chi connectivity index (χ3v) is 1.94. The highest BCUT2D eigenvalue weighted by Gasteiger charge is 2.06. The second kappa shape index (κ2) is 5.57. The molecule has 3 heteroatoms. The van der Waals surface area contributed by atoms with Crippen molar-refractivity contribution >= 4 is 5.69 Å². The number of para-hydroxylation sites is 1. The molecular formula is C12H12N2O. The summed E-state index contributed by atoms with van der Waals surface area (Å²) in [5.74, 6) is 3.19. The molecule has 3 nitrogen and oxygen atoms in total. The lowest BCUT2D eigenvalue weighted by Crippen LogP contribution is -2.04. The van der Waals surface area contributed by atoms with E-state index in [-0.39, 0.29) is 0 Å². The van der Waals surface area contributed by atoms with E-state index in [4.69, 9.17) is 16.4 Å². The van der Waals surface area contributed by atoms with Crippen LogP contribution in [-0.4, -0.2) is 13.7 Å². The lowest BCUT2D eigenvalue weighted by Gasteiger charge is -2.11. The summed E-state index contributed by atoms with van der Waals surface area (Å²) in [7, 11) is 1.57. The zero-order chi connectivity index (χ0) is 11.1. The molecule has 0 unspecified atom stereocenters. The summed E-state index contributed by atoms with van der Waals surface area (Å²) in [5, 5.41) is 12.0. The Bertz CT molecular complexity index is 413. The van der Waals surface area contributed by atoms with Gasteiger partial charge in [0.25, 0.3) is 0 Å². The Morgan fingerprint density at radius 3 is 2.93 bits per heavy atom. The lowest BCUT2D eigenvalue weighted by molar-refractivity contribution is 0.416. The van der Waals surface area contributed by atoms with Gasteiger partial charge in [-0.15, -0.1) is 12.3 Å². The zero-order valence-electron chi connectivity index (χ0n) is 8.58. The van der Waals surface area contributed by atoms with Crippen molar-refractivity contribution in [3.05, 3.63) is 23.8 Å². The van der Waals surface area contributed by atoms with Crippen LogP contribution in [0.25, 0.3) is 0 Å². The molecule has 1 N–H and O–H groups in total. The first-order valence-corrected chi connectivity index (χ1v) is 4.58. The van der Waals surface area contributed by atoms with E-state index < -0.39 is 0 Å². The van der Waals surface area contributed by atoms with Gasteiger partial charge in [0.05, 0.1) is 18.4 Å². The lowest BCUT2D eigenvalue weighted by atomic mass is 10.1. The molecule has 15 heavy (non-hydrogen) atoms. The Morgan fingerprint density at radius 1 is 1.53 bits per heavy atom. The Morgan fingerprint density at radius 2 is 2.33 bits per heavy atom. The van der Waals surface area contributed by atoms with Crippen LogP contribution in [0.4, 0.5) is 5.69 Å². The van der Waals surface area contributed by atoms with Gasteiger partial charge in [0.2, 0.25) is 0 Å². The average Bonchev–Trinajstić information content (AvgIpc) is 2.29. The maximum absolute atomic E-state index is 8.91. The quantitative estimate of drug-likeness (QED) is 0.597. The molecule has 0 aliphatic heterocycles. The van der Waals surface area contributed by atoms with Crippen LogP contribution in [0.3, 0.4) is 0 Å². The minimum absolute atomic E-state index is 0.561. The number of nitriles is 1. The molecule has 1 aromatic carbocycles. The van der Waals surface area contributed by atoms with Crippen molar-refractivity contribution in [2.24, 2.45) is 0 Å². The summed E-state index contributed by atoms with van der Waals surface area (Å²) in [4.78, 5) is 0. The fourth-order valence-electron chi connectivity index (χ4n) is 1.24. The van der Waals surface area contributed by atoms with Crippen molar-refractivity contribution in [3.63, 3.8) is 0 Å². The number of benzene rings is 1. The molecule has 1 rings (SSSR count). The minimum atomic E-state index is 0.561. The third-order valence-electron chi connectivity index (χ3n) is 1.94. The van der Waals surface area contributed by atoms with Gasteiger partial charge in [0, 0.05) is 13.0 Å². The molecule has 0 aliphatic carbocycles. The predicted octanol–water partition coefficient (Wildman–Crippen LogP) is 2.00. The largest absolute Gasteiger partial charge is 0.495 e. The van der Waals surface area contributed by atoms with Crippen molar-refractivity contribution < 1.29 is 4.74 Å². The molecule has 0 fully saturated rings. The number of hydrogen-bond acceptors (Lipinski definition) is 3. The standard InChI is InChI=1S/C12H12N2O/c1-3-4-8-14-12-10(9-13)6-5-7-11(12)15-2/h1,5-7,14H,4,8H2,2H3. The Hall–Kier alpha value is -2.13. The average molecular weight is 200 g/mol. The first-order chi connectivity index (χ1) is 7.33. The second-order valence-electron chi connectivity index (χ2n) is 2.88. The van der Waals surface area contributed by atoms with E-state index >= 15 is 0 Å². The van der Waals surface area contributed by atoms with E-state index in [9.17, 15) is 0 Å². The molecule has 0 atom stereocenters. The number of rotatable bonds is 4. The van der Waals surface area contributed by atoms with Crippen LogP contribution < -0.4 is 10.1 Å². The van der Waals surface area contributed by atoms with E-state index in [1.165, 1.54) is 0 Å². The molecular weight excluding hydrogens is 188 g/mol. The van der Waals surface area contributed by atoms with E-state index in [2.05, 4.69) is 17.3 Å². The molecule has 0 amide bonds. The van der Waals surface area contributed by atoms with Gasteiger partial charge >= 0.3 is 0 Å². The number of hydrogen-bond donors (Lipinski definition) is 1. The zero-order valence-corrected chi connectivity index (χ0v) is 8.58. The number of nitrogens with one attached hydrogen (secondary N) is 1. The van der Waals surface area contributed by atoms with Gasteiger partial charge < -0.3 is 10.1 Å². The summed E-state index contributed by atoms with van der Waals surface area (Å²) < 4.78 is 5.15. The minimum Gasteiger partial charge on any atom is -0.495 e. The number of anilines is 1. The van der Waals surface area contributed by atoms with Crippen LogP contribution in [-0.2, 0) is 0 Å². The molecule has 1 aromatic rings. The summed E-state index contributed by atoms with van der Waals surface area (Å²) in [6.45, 7) is 0.631. The van der Waals surface area contributed by atoms with Gasteiger partial charge in [-0.2, -0.15) is 5.26 Å². The van der Waals surface area contributed by atoms with Crippen molar-refractivity contribution in [3.8, 4) is 24.2 Å². The summed E-state index contributed by atoms with van der Waals surface area (Å²) >= 11 is 0. The Balaban J connectivity index is 2.92. The van der Waals surface area contributed by atoms with Gasteiger partial charge in [-0.3, -0.25) is 0 Å². The summed E-state index contributed by atoms with van der Waals surface area (Å²) in [5.41, 5.74) is 1.27. The van der Waals surface area contributed by atoms with E-state index in [0.29, 0.717) is 30.0 Å². The normalized spacial score (nSPS) is 8.73. The smallest absolute Gasteiger partial charge is 0.143 e. The van der Waals surface area contributed by atoms with Crippen LogP contribution >= 0.6 is 0 Å². The van der Waals surface area contributed by atoms with Crippen LogP contribution in [0.15, 0.2) is 18.2 Å². The second-order valence-corrected chi connectivity index (χ2v) is 2.88. The number of nitrogens with zero attached hydrogens (tertiary/aromatic N) is 1. The molecule has 76 valence electrons. The summed E-state index contributed by atoms with van der Waals surface area (Å²) in [6, 6.07) is 7.43. The maximum Gasteiger partial charge on any atom is 0.143 e. The van der Waals surface area contributed by atoms with Crippen molar-refractivity contribution in [2.45, 2.75) is 6.42 Å². The SMILES string of the molecule is C#CCCNc1c(C#N)cccc1OC. The van der Waals surface area contributed by atoms with Gasteiger partial charge in [-0.1, -0.05) is 6.07 Å². The highest BCUT2D eigenvalue weighted by atomic mass is 16.5. The maximum atomic E-state index is 8.91. The number of terminal acetylenes is 1. The Labute approximate surface area is 89.7 Å². The van der Waals surface area contributed by atoms with Crippen molar-refractivity contribution in [1.29, 1.82) is 5.26 Å². The number of ether oxygens (including phenoxy) is 1. The molecule has 0 saturated carbocycles. The topological polar surface area (TPSA) is 45.0 Å². The van der Waals surface area contributed by atoms with Crippen LogP contribution in [0, 0.1) is 23.7 Å².